The molecule has 1 heterocycles. The van der Waals surface area contributed by atoms with Gasteiger partial charge in [0.05, 0.1) is 30.1 Å². The molecule has 152 valence electrons. The Morgan fingerprint density at radius 3 is 2.41 bits per heavy atom. The van der Waals surface area contributed by atoms with Crippen molar-refractivity contribution in [3.63, 3.8) is 0 Å². The molecule has 0 amide bonds. The summed E-state index contributed by atoms with van der Waals surface area (Å²) < 4.78 is 9.99. The molecule has 0 saturated heterocycles. The molecule has 0 aromatic heterocycles. The van der Waals surface area contributed by atoms with Gasteiger partial charge in [-0.2, -0.15) is 0 Å². The van der Waals surface area contributed by atoms with E-state index in [0.29, 0.717) is 5.56 Å². The lowest BCUT2D eigenvalue weighted by atomic mass is 9.85. The predicted molar refractivity (Wildman–Crippen MR) is 123 cm³/mol. The zero-order valence-electron chi connectivity index (χ0n) is 18.2. The molecule has 5 heteroatoms. The van der Waals surface area contributed by atoms with Crippen molar-refractivity contribution < 1.29 is 9.53 Å². The number of fused-ring (bicyclic) bond motifs is 1. The lowest BCUT2D eigenvalue weighted by molar-refractivity contribution is 0.0960. The van der Waals surface area contributed by atoms with Crippen LogP contribution >= 0.6 is 11.9 Å². The molecule has 3 rings (SSSR count). The maximum atomic E-state index is 13.2. The molecule has 0 radical (unpaired) electrons. The number of ether oxygens (including phenoxy) is 1. The van der Waals surface area contributed by atoms with Crippen LogP contribution in [0.15, 0.2) is 45.8 Å². The normalized spacial score (nSPS) is 17.1. The average Bonchev–Trinajstić information content (AvgIpc) is 2.68. The Kier molecular flexibility index (Phi) is 5.99. The quantitative estimate of drug-likeness (QED) is 0.446. The van der Waals surface area contributed by atoms with Crippen LogP contribution in [0, 0.1) is 12.8 Å². The number of carbonyl (C=O) groups excluding carboxylic acids is 1. The van der Waals surface area contributed by atoms with Crippen molar-refractivity contribution in [2.45, 2.75) is 46.3 Å². The third kappa shape index (κ3) is 4.61. The zero-order chi connectivity index (χ0) is 21.3. The van der Waals surface area contributed by atoms with Gasteiger partial charge in [0.15, 0.2) is 5.78 Å². The van der Waals surface area contributed by atoms with E-state index < -0.39 is 0 Å². The summed E-state index contributed by atoms with van der Waals surface area (Å²) in [4.78, 5) is 18.2. The first-order chi connectivity index (χ1) is 13.6. The number of rotatable bonds is 4. The van der Waals surface area contributed by atoms with Crippen molar-refractivity contribution in [2.24, 2.45) is 15.3 Å². The average molecular weight is 409 g/mol. The van der Waals surface area contributed by atoms with Crippen molar-refractivity contribution in [3.8, 4) is 5.75 Å². The molecule has 0 N–H and O–H groups in total. The van der Waals surface area contributed by atoms with Gasteiger partial charge < -0.3 is 4.74 Å². The highest BCUT2D eigenvalue weighted by Crippen LogP contribution is 2.36. The fourth-order valence-corrected chi connectivity index (χ4v) is 3.78. The number of carbonyl (C=O) groups is 1. The number of benzene rings is 2. The molecular formula is C24H28N2O2S. The summed E-state index contributed by atoms with van der Waals surface area (Å²) in [5, 5.41) is 0. The third-order valence-corrected chi connectivity index (χ3v) is 5.70. The molecule has 0 saturated carbocycles. The van der Waals surface area contributed by atoms with Gasteiger partial charge >= 0.3 is 0 Å². The second-order valence-electron chi connectivity index (χ2n) is 8.40. The first kappa shape index (κ1) is 21.3. The van der Waals surface area contributed by atoms with Crippen molar-refractivity contribution in [1.82, 2.24) is 0 Å². The second kappa shape index (κ2) is 8.15. The minimum atomic E-state index is -0.299. The lowest BCUT2D eigenvalue weighted by Gasteiger charge is -2.24. The molecule has 0 spiro atoms. The molecule has 0 aliphatic carbocycles. The fraction of sp³-hybridized carbons (Fsp3) is 0.375. The molecule has 0 fully saturated rings. The number of aliphatic imine (C=N–C) groups is 1. The molecule has 2 aromatic carbocycles. The molecular weight excluding hydrogens is 380 g/mol. The SMILES string of the molecule is COc1ccc(C2=Nc3c(cc(C)cc3/C(C)=N\SC(C)(C)C)C(=O)C2C)cc1. The van der Waals surface area contributed by atoms with Gasteiger partial charge in [0, 0.05) is 15.9 Å². The van der Waals surface area contributed by atoms with Crippen LogP contribution in [0.3, 0.4) is 0 Å². The van der Waals surface area contributed by atoms with Crippen LogP contribution in [0.1, 0.15) is 61.7 Å². The van der Waals surface area contributed by atoms with E-state index >= 15 is 0 Å². The summed E-state index contributed by atoms with van der Waals surface area (Å²) in [5.74, 6) is 0.580. The largest absolute Gasteiger partial charge is 0.497 e. The monoisotopic (exact) mass is 408 g/mol. The van der Waals surface area contributed by atoms with E-state index in [0.717, 1.165) is 39.6 Å². The van der Waals surface area contributed by atoms with Crippen LogP contribution in [-0.2, 0) is 0 Å². The van der Waals surface area contributed by atoms with Gasteiger partial charge in [-0.3, -0.25) is 9.79 Å². The predicted octanol–water partition coefficient (Wildman–Crippen LogP) is 6.21. The summed E-state index contributed by atoms with van der Waals surface area (Å²) in [6.45, 7) is 12.3. The Bertz CT molecular complexity index is 999. The van der Waals surface area contributed by atoms with Crippen LogP contribution in [0.5, 0.6) is 5.75 Å². The van der Waals surface area contributed by atoms with Crippen molar-refractivity contribution in [3.05, 3.63) is 58.7 Å². The fourth-order valence-electron chi connectivity index (χ4n) is 3.27. The van der Waals surface area contributed by atoms with Crippen LogP contribution in [-0.4, -0.2) is 29.1 Å². The van der Waals surface area contributed by atoms with E-state index in [-0.39, 0.29) is 16.4 Å². The van der Waals surface area contributed by atoms with Gasteiger partial charge in [-0.05, 0) is 101 Å². The molecule has 1 atom stereocenters. The first-order valence-corrected chi connectivity index (χ1v) is 10.5. The number of hydrogen-bond donors (Lipinski definition) is 0. The molecule has 1 aliphatic rings. The second-order valence-corrected chi connectivity index (χ2v) is 9.99. The summed E-state index contributed by atoms with van der Waals surface area (Å²) in [5.41, 5.74) is 5.96. The number of Topliss-reactive ketones (excluding diaryl/α,β-unsaturated/α-hetero) is 1. The number of aryl methyl sites for hydroxylation is 1. The Balaban J connectivity index is 2.15. The van der Waals surface area contributed by atoms with E-state index in [4.69, 9.17) is 14.1 Å². The van der Waals surface area contributed by atoms with Crippen LogP contribution in [0.2, 0.25) is 0 Å². The van der Waals surface area contributed by atoms with E-state index in [9.17, 15) is 4.79 Å². The van der Waals surface area contributed by atoms with Crippen molar-refractivity contribution >= 4 is 34.8 Å². The Morgan fingerprint density at radius 1 is 1.17 bits per heavy atom. The summed E-state index contributed by atoms with van der Waals surface area (Å²) in [6, 6.07) is 11.7. The lowest BCUT2D eigenvalue weighted by Crippen LogP contribution is -2.26. The summed E-state index contributed by atoms with van der Waals surface area (Å²) >= 11 is 1.54. The van der Waals surface area contributed by atoms with Gasteiger partial charge in [0.25, 0.3) is 0 Å². The molecule has 2 aromatic rings. The van der Waals surface area contributed by atoms with Gasteiger partial charge in [0.2, 0.25) is 0 Å². The maximum Gasteiger partial charge on any atom is 0.173 e. The van der Waals surface area contributed by atoms with E-state index in [1.54, 1.807) is 7.11 Å². The maximum absolute atomic E-state index is 13.2. The summed E-state index contributed by atoms with van der Waals surface area (Å²) in [6.07, 6.45) is 0. The van der Waals surface area contributed by atoms with Gasteiger partial charge in [-0.1, -0.05) is 0 Å². The number of ketones is 1. The number of hydrogen-bond acceptors (Lipinski definition) is 5. The van der Waals surface area contributed by atoms with Gasteiger partial charge in [-0.15, -0.1) is 0 Å². The van der Waals surface area contributed by atoms with Crippen LogP contribution in [0.4, 0.5) is 5.69 Å². The molecule has 1 unspecified atom stereocenters. The third-order valence-electron chi connectivity index (χ3n) is 4.79. The van der Waals surface area contributed by atoms with E-state index in [1.807, 2.05) is 51.1 Å². The van der Waals surface area contributed by atoms with Crippen LogP contribution < -0.4 is 4.74 Å². The first-order valence-electron chi connectivity index (χ1n) is 9.75. The molecule has 4 nitrogen and oxygen atoms in total. The molecule has 29 heavy (non-hydrogen) atoms. The Hall–Kier alpha value is -2.40. The standard InChI is InChI=1S/C24H28N2O2S/c1-14-12-19(16(3)26-29-24(4,5)6)22-20(13-14)23(27)15(2)21(25-22)17-8-10-18(28-7)11-9-17/h8-13,15H,1-7H3/b26-16-. The smallest absolute Gasteiger partial charge is 0.173 e. The Morgan fingerprint density at radius 2 is 1.83 bits per heavy atom. The highest BCUT2D eigenvalue weighted by molar-refractivity contribution is 7.99. The molecule has 0 bridgehead atoms. The number of methoxy groups -OCH3 is 1. The van der Waals surface area contributed by atoms with E-state index in [1.165, 1.54) is 11.9 Å². The van der Waals surface area contributed by atoms with Crippen molar-refractivity contribution in [1.29, 1.82) is 0 Å². The van der Waals surface area contributed by atoms with Crippen LogP contribution in [0.25, 0.3) is 0 Å². The summed E-state index contributed by atoms with van der Waals surface area (Å²) in [7, 11) is 1.64. The molecule has 1 aliphatic heterocycles. The number of nitrogens with zero attached hydrogens (tertiary/aromatic N) is 2. The van der Waals surface area contributed by atoms with E-state index in [2.05, 4.69) is 26.8 Å². The minimum absolute atomic E-state index is 0.0208. The highest BCUT2D eigenvalue weighted by atomic mass is 32.2. The van der Waals surface area contributed by atoms with Crippen molar-refractivity contribution in [2.75, 3.05) is 7.11 Å². The Labute approximate surface area is 177 Å². The topological polar surface area (TPSA) is 51.0 Å². The van der Waals surface area contributed by atoms with Gasteiger partial charge in [0.1, 0.15) is 5.75 Å². The minimum Gasteiger partial charge on any atom is -0.497 e. The highest BCUT2D eigenvalue weighted by Gasteiger charge is 2.31. The van der Waals surface area contributed by atoms with Gasteiger partial charge in [-0.25, -0.2) is 4.40 Å². The zero-order valence-corrected chi connectivity index (χ0v) is 19.0.